The molecule has 0 saturated carbocycles. The van der Waals surface area contributed by atoms with Crippen LogP contribution in [0.1, 0.15) is 28.4 Å². The monoisotopic (exact) mass is 275 g/mol. The van der Waals surface area contributed by atoms with Gasteiger partial charge >= 0.3 is 0 Å². The van der Waals surface area contributed by atoms with Crippen LogP contribution in [0.2, 0.25) is 5.15 Å². The van der Waals surface area contributed by atoms with Crippen LogP contribution in [0.4, 0.5) is 0 Å². The molecule has 4 heteroatoms. The van der Waals surface area contributed by atoms with Crippen molar-refractivity contribution in [2.45, 2.75) is 25.8 Å². The minimum atomic E-state index is 0.338. The van der Waals surface area contributed by atoms with Gasteiger partial charge in [0.05, 0.1) is 5.69 Å². The van der Waals surface area contributed by atoms with E-state index >= 15 is 0 Å². The molecule has 1 unspecified atom stereocenters. The van der Waals surface area contributed by atoms with Gasteiger partial charge in [0.15, 0.2) is 0 Å². The van der Waals surface area contributed by atoms with E-state index in [0.29, 0.717) is 6.04 Å². The first kappa shape index (κ1) is 12.7. The number of benzene rings is 1. The summed E-state index contributed by atoms with van der Waals surface area (Å²) in [4.78, 5) is 0. The molecule has 2 heterocycles. The molecule has 19 heavy (non-hydrogen) atoms. The van der Waals surface area contributed by atoms with Crippen molar-refractivity contribution in [3.05, 3.63) is 51.8 Å². The SMILES string of the molecule is Cc1nn(C)c(Cl)c1CC1NCCc2ccccc21. The van der Waals surface area contributed by atoms with E-state index in [2.05, 4.69) is 34.7 Å². The van der Waals surface area contributed by atoms with Crippen LogP contribution in [0.15, 0.2) is 24.3 Å². The molecule has 0 aliphatic carbocycles. The normalized spacial score (nSPS) is 18.4. The molecule has 1 aromatic carbocycles. The van der Waals surface area contributed by atoms with Crippen molar-refractivity contribution in [1.29, 1.82) is 0 Å². The summed E-state index contributed by atoms with van der Waals surface area (Å²) in [6.07, 6.45) is 2.00. The predicted octanol–water partition coefficient (Wildman–Crippen LogP) is 2.81. The second kappa shape index (κ2) is 4.99. The average Bonchev–Trinajstić information content (AvgIpc) is 2.66. The predicted molar refractivity (Wildman–Crippen MR) is 77.5 cm³/mol. The molecule has 1 N–H and O–H groups in total. The highest BCUT2D eigenvalue weighted by Crippen LogP contribution is 2.29. The summed E-state index contributed by atoms with van der Waals surface area (Å²) in [7, 11) is 1.89. The highest BCUT2D eigenvalue weighted by atomic mass is 35.5. The first-order valence-electron chi connectivity index (χ1n) is 6.66. The summed E-state index contributed by atoms with van der Waals surface area (Å²) in [5.74, 6) is 0. The Morgan fingerprint density at radius 1 is 1.42 bits per heavy atom. The van der Waals surface area contributed by atoms with Gasteiger partial charge in [0.25, 0.3) is 0 Å². The van der Waals surface area contributed by atoms with Gasteiger partial charge in [0, 0.05) is 18.7 Å². The smallest absolute Gasteiger partial charge is 0.130 e. The summed E-state index contributed by atoms with van der Waals surface area (Å²) < 4.78 is 1.75. The molecule has 1 aromatic heterocycles. The lowest BCUT2D eigenvalue weighted by atomic mass is 9.90. The third-order valence-electron chi connectivity index (χ3n) is 3.89. The average molecular weight is 276 g/mol. The zero-order valence-electron chi connectivity index (χ0n) is 11.3. The second-order valence-electron chi connectivity index (χ2n) is 5.14. The molecule has 0 saturated heterocycles. The fraction of sp³-hybridized carbons (Fsp3) is 0.400. The Hall–Kier alpha value is -1.32. The highest BCUT2D eigenvalue weighted by Gasteiger charge is 2.22. The summed E-state index contributed by atoms with van der Waals surface area (Å²) in [5, 5.41) is 8.73. The van der Waals surface area contributed by atoms with Gasteiger partial charge in [-0.05, 0) is 37.4 Å². The van der Waals surface area contributed by atoms with Gasteiger partial charge in [-0.15, -0.1) is 0 Å². The Kier molecular flexibility index (Phi) is 3.33. The van der Waals surface area contributed by atoms with Crippen molar-refractivity contribution >= 4 is 11.6 Å². The van der Waals surface area contributed by atoms with E-state index in [9.17, 15) is 0 Å². The molecule has 100 valence electrons. The van der Waals surface area contributed by atoms with Crippen molar-refractivity contribution in [2.24, 2.45) is 7.05 Å². The molecule has 1 aliphatic rings. The maximum atomic E-state index is 6.33. The molecule has 1 aliphatic heterocycles. The quantitative estimate of drug-likeness (QED) is 0.913. The molecule has 2 aromatic rings. The van der Waals surface area contributed by atoms with Gasteiger partial charge in [-0.1, -0.05) is 35.9 Å². The number of aromatic nitrogens is 2. The van der Waals surface area contributed by atoms with E-state index in [4.69, 9.17) is 11.6 Å². The molecule has 0 amide bonds. The Bertz CT molecular complexity index is 603. The van der Waals surface area contributed by atoms with E-state index < -0.39 is 0 Å². The van der Waals surface area contributed by atoms with Crippen molar-refractivity contribution in [2.75, 3.05) is 6.54 Å². The molecule has 0 spiro atoms. The van der Waals surface area contributed by atoms with E-state index in [1.54, 1.807) is 4.68 Å². The van der Waals surface area contributed by atoms with Crippen LogP contribution in [0.5, 0.6) is 0 Å². The van der Waals surface area contributed by atoms with Crippen LogP contribution < -0.4 is 5.32 Å². The van der Waals surface area contributed by atoms with Crippen molar-refractivity contribution in [3.8, 4) is 0 Å². The first-order valence-corrected chi connectivity index (χ1v) is 7.03. The number of aryl methyl sites for hydroxylation is 2. The Balaban J connectivity index is 1.93. The number of rotatable bonds is 2. The number of halogens is 1. The summed E-state index contributed by atoms with van der Waals surface area (Å²) >= 11 is 6.33. The third kappa shape index (κ3) is 2.28. The number of hydrogen-bond donors (Lipinski definition) is 1. The summed E-state index contributed by atoms with van der Waals surface area (Å²) in [6.45, 7) is 3.05. The fourth-order valence-electron chi connectivity index (χ4n) is 2.88. The second-order valence-corrected chi connectivity index (χ2v) is 5.50. The lowest BCUT2D eigenvalue weighted by Gasteiger charge is -2.27. The molecular weight excluding hydrogens is 258 g/mol. The lowest BCUT2D eigenvalue weighted by molar-refractivity contribution is 0.502. The Labute approximate surface area is 118 Å². The number of nitrogens with one attached hydrogen (secondary N) is 1. The van der Waals surface area contributed by atoms with Gasteiger partial charge in [0.1, 0.15) is 5.15 Å². The molecule has 1 atom stereocenters. The Morgan fingerprint density at radius 2 is 2.21 bits per heavy atom. The molecular formula is C15H18ClN3. The van der Waals surface area contributed by atoms with Crippen LogP contribution in [0.25, 0.3) is 0 Å². The first-order chi connectivity index (χ1) is 9.16. The highest BCUT2D eigenvalue weighted by molar-refractivity contribution is 6.30. The van der Waals surface area contributed by atoms with Crippen molar-refractivity contribution < 1.29 is 0 Å². The fourth-order valence-corrected chi connectivity index (χ4v) is 3.14. The topological polar surface area (TPSA) is 29.9 Å². The van der Waals surface area contributed by atoms with E-state index in [1.807, 2.05) is 14.0 Å². The van der Waals surface area contributed by atoms with E-state index in [0.717, 1.165) is 35.8 Å². The van der Waals surface area contributed by atoms with Gasteiger partial charge in [-0.3, -0.25) is 4.68 Å². The van der Waals surface area contributed by atoms with Gasteiger partial charge < -0.3 is 5.32 Å². The standard InChI is InChI=1S/C15H18ClN3/c1-10-13(15(16)19(2)18-10)9-14-12-6-4-3-5-11(12)7-8-17-14/h3-6,14,17H,7-9H2,1-2H3. The molecule has 0 bridgehead atoms. The summed E-state index contributed by atoms with van der Waals surface area (Å²) in [5.41, 5.74) is 5.02. The molecule has 3 rings (SSSR count). The molecule has 0 fully saturated rings. The molecule has 0 radical (unpaired) electrons. The van der Waals surface area contributed by atoms with Crippen molar-refractivity contribution in [3.63, 3.8) is 0 Å². The van der Waals surface area contributed by atoms with Gasteiger partial charge in [0.2, 0.25) is 0 Å². The van der Waals surface area contributed by atoms with E-state index in [1.165, 1.54) is 11.1 Å². The number of nitrogens with zero attached hydrogens (tertiary/aromatic N) is 2. The third-order valence-corrected chi connectivity index (χ3v) is 4.37. The number of hydrogen-bond acceptors (Lipinski definition) is 2. The molecule has 3 nitrogen and oxygen atoms in total. The largest absolute Gasteiger partial charge is 0.309 e. The Morgan fingerprint density at radius 3 is 2.95 bits per heavy atom. The number of fused-ring (bicyclic) bond motifs is 1. The van der Waals surface area contributed by atoms with Crippen LogP contribution in [-0.2, 0) is 19.9 Å². The minimum absolute atomic E-state index is 0.338. The minimum Gasteiger partial charge on any atom is -0.309 e. The summed E-state index contributed by atoms with van der Waals surface area (Å²) in [6, 6.07) is 9.00. The van der Waals surface area contributed by atoms with E-state index in [-0.39, 0.29) is 0 Å². The van der Waals surface area contributed by atoms with Crippen LogP contribution in [0.3, 0.4) is 0 Å². The lowest BCUT2D eigenvalue weighted by Crippen LogP contribution is -2.31. The zero-order valence-corrected chi connectivity index (χ0v) is 12.0. The maximum absolute atomic E-state index is 6.33. The maximum Gasteiger partial charge on any atom is 0.130 e. The van der Waals surface area contributed by atoms with Gasteiger partial charge in [-0.2, -0.15) is 5.10 Å². The van der Waals surface area contributed by atoms with Crippen LogP contribution in [-0.4, -0.2) is 16.3 Å². The van der Waals surface area contributed by atoms with Crippen molar-refractivity contribution in [1.82, 2.24) is 15.1 Å². The zero-order chi connectivity index (χ0) is 13.4. The van der Waals surface area contributed by atoms with Crippen LogP contribution in [0, 0.1) is 6.92 Å². The van der Waals surface area contributed by atoms with Crippen LogP contribution >= 0.6 is 11.6 Å². The van der Waals surface area contributed by atoms with Gasteiger partial charge in [-0.25, -0.2) is 0 Å².